The Morgan fingerprint density at radius 1 is 0.947 bits per heavy atom. The summed E-state index contributed by atoms with van der Waals surface area (Å²) >= 11 is 0. The molecule has 0 aliphatic rings. The van der Waals surface area contributed by atoms with Gasteiger partial charge in [-0.3, -0.25) is 9.97 Å². The summed E-state index contributed by atoms with van der Waals surface area (Å²) in [5.74, 6) is 0.469. The normalized spacial score (nSPS) is 11.9. The van der Waals surface area contributed by atoms with Crippen molar-refractivity contribution in [3.05, 3.63) is 48.0 Å². The van der Waals surface area contributed by atoms with Crippen molar-refractivity contribution >= 4 is 0 Å². The molecule has 2 aromatic rings. The first-order chi connectivity index (χ1) is 8.88. The number of pyridine rings is 2. The van der Waals surface area contributed by atoms with E-state index in [1.54, 1.807) is 0 Å². The summed E-state index contributed by atoms with van der Waals surface area (Å²) in [5.41, 5.74) is 4.65. The maximum absolute atomic E-state index is 4.53. The van der Waals surface area contributed by atoms with Crippen LogP contribution >= 0.6 is 0 Å². The van der Waals surface area contributed by atoms with Crippen molar-refractivity contribution in [2.24, 2.45) is 0 Å². The summed E-state index contributed by atoms with van der Waals surface area (Å²) in [6, 6.07) is 8.45. The number of hydrogen-bond acceptors (Lipinski definition) is 2. The molecule has 0 bridgehead atoms. The Kier molecular flexibility index (Phi) is 3.70. The van der Waals surface area contributed by atoms with E-state index in [1.165, 1.54) is 5.56 Å². The largest absolute Gasteiger partial charge is 0.261 e. The molecule has 0 radical (unpaired) electrons. The zero-order valence-electron chi connectivity index (χ0n) is 12.4. The van der Waals surface area contributed by atoms with Gasteiger partial charge in [-0.1, -0.05) is 40.7 Å². The van der Waals surface area contributed by atoms with E-state index in [0.717, 1.165) is 17.0 Å². The maximum Gasteiger partial charge on any atom is 0.0463 e. The Bertz CT molecular complexity index is 548. The molecule has 0 aliphatic carbocycles. The quantitative estimate of drug-likeness (QED) is 0.785. The third kappa shape index (κ3) is 3.19. The van der Waals surface area contributed by atoms with Crippen LogP contribution in [0.4, 0.5) is 0 Å². The van der Waals surface area contributed by atoms with Crippen LogP contribution in [0, 0.1) is 0 Å². The molecule has 0 aromatic carbocycles. The van der Waals surface area contributed by atoms with Crippen molar-refractivity contribution in [2.45, 2.75) is 46.0 Å². The molecule has 100 valence electrons. The minimum absolute atomic E-state index is 0.0707. The van der Waals surface area contributed by atoms with E-state index in [4.69, 9.17) is 0 Å². The first kappa shape index (κ1) is 13.7. The van der Waals surface area contributed by atoms with Crippen LogP contribution in [0.15, 0.2) is 36.7 Å². The molecule has 2 heteroatoms. The summed E-state index contributed by atoms with van der Waals surface area (Å²) in [7, 11) is 0. The van der Waals surface area contributed by atoms with Gasteiger partial charge in [0.25, 0.3) is 0 Å². The van der Waals surface area contributed by atoms with Gasteiger partial charge in [0.05, 0.1) is 0 Å². The zero-order chi connectivity index (χ0) is 14.0. The van der Waals surface area contributed by atoms with Crippen LogP contribution in [-0.2, 0) is 5.41 Å². The van der Waals surface area contributed by atoms with E-state index >= 15 is 0 Å². The van der Waals surface area contributed by atoms with E-state index in [2.05, 4.69) is 62.8 Å². The highest BCUT2D eigenvalue weighted by Crippen LogP contribution is 2.26. The topological polar surface area (TPSA) is 25.8 Å². The fourth-order valence-corrected chi connectivity index (χ4v) is 1.94. The van der Waals surface area contributed by atoms with Gasteiger partial charge in [0.1, 0.15) is 0 Å². The second-order valence-electron chi connectivity index (χ2n) is 6.31. The molecule has 0 unspecified atom stereocenters. The molecule has 0 saturated heterocycles. The first-order valence-electron chi connectivity index (χ1n) is 6.81. The third-order valence-corrected chi connectivity index (χ3v) is 3.24. The highest BCUT2D eigenvalue weighted by atomic mass is 14.7. The lowest BCUT2D eigenvalue weighted by molar-refractivity contribution is 0.569. The van der Waals surface area contributed by atoms with Crippen LogP contribution in [0.3, 0.4) is 0 Å². The Morgan fingerprint density at radius 3 is 2.21 bits per heavy atom. The van der Waals surface area contributed by atoms with E-state index in [-0.39, 0.29) is 5.41 Å². The molecule has 2 rings (SSSR count). The fourth-order valence-electron chi connectivity index (χ4n) is 1.94. The van der Waals surface area contributed by atoms with Gasteiger partial charge in [0, 0.05) is 34.8 Å². The molecule has 0 fully saturated rings. The molecule has 0 atom stereocenters. The monoisotopic (exact) mass is 254 g/mol. The third-order valence-electron chi connectivity index (χ3n) is 3.24. The van der Waals surface area contributed by atoms with Crippen LogP contribution < -0.4 is 0 Å². The van der Waals surface area contributed by atoms with E-state index < -0.39 is 0 Å². The first-order valence-corrected chi connectivity index (χ1v) is 6.81. The summed E-state index contributed by atoms with van der Waals surface area (Å²) in [5, 5.41) is 0. The number of hydrogen-bond donors (Lipinski definition) is 0. The van der Waals surface area contributed by atoms with Gasteiger partial charge in [-0.25, -0.2) is 0 Å². The molecule has 0 saturated carbocycles. The van der Waals surface area contributed by atoms with Gasteiger partial charge >= 0.3 is 0 Å². The lowest BCUT2D eigenvalue weighted by Gasteiger charge is -2.18. The summed E-state index contributed by atoms with van der Waals surface area (Å²) in [4.78, 5) is 8.99. The highest BCUT2D eigenvalue weighted by molar-refractivity contribution is 5.62. The Labute approximate surface area is 115 Å². The minimum Gasteiger partial charge on any atom is -0.261 e. The highest BCUT2D eigenvalue weighted by Gasteiger charge is 2.15. The molecule has 0 N–H and O–H groups in total. The SMILES string of the molecule is CC(C)c1ccc(-c2ccnc(C(C)(C)C)c2)cn1. The summed E-state index contributed by atoms with van der Waals surface area (Å²) in [6.07, 6.45) is 3.84. The fraction of sp³-hybridized carbons (Fsp3) is 0.412. The standard InChI is InChI=1S/C17H22N2/c1-12(2)15-7-6-14(11-19-15)13-8-9-18-16(10-13)17(3,4)5/h6-12H,1-5H3. The molecular formula is C17H22N2. The molecule has 2 aromatic heterocycles. The molecule has 0 amide bonds. The van der Waals surface area contributed by atoms with E-state index in [9.17, 15) is 0 Å². The molecule has 19 heavy (non-hydrogen) atoms. The summed E-state index contributed by atoms with van der Waals surface area (Å²) in [6.45, 7) is 10.9. The molecule has 2 heterocycles. The molecule has 2 nitrogen and oxygen atoms in total. The number of rotatable bonds is 2. The van der Waals surface area contributed by atoms with E-state index in [0.29, 0.717) is 5.92 Å². The van der Waals surface area contributed by atoms with Crippen molar-refractivity contribution in [1.82, 2.24) is 9.97 Å². The minimum atomic E-state index is 0.0707. The average molecular weight is 254 g/mol. The van der Waals surface area contributed by atoms with Crippen LogP contribution in [0.1, 0.15) is 51.9 Å². The Balaban J connectivity index is 2.37. The van der Waals surface area contributed by atoms with Crippen molar-refractivity contribution in [1.29, 1.82) is 0 Å². The van der Waals surface area contributed by atoms with Gasteiger partial charge in [-0.15, -0.1) is 0 Å². The lowest BCUT2D eigenvalue weighted by atomic mass is 9.90. The van der Waals surface area contributed by atoms with Crippen molar-refractivity contribution in [3.63, 3.8) is 0 Å². The van der Waals surface area contributed by atoms with Crippen LogP contribution in [-0.4, -0.2) is 9.97 Å². The van der Waals surface area contributed by atoms with Crippen LogP contribution in [0.5, 0.6) is 0 Å². The number of nitrogens with zero attached hydrogens (tertiary/aromatic N) is 2. The lowest BCUT2D eigenvalue weighted by Crippen LogP contribution is -2.13. The van der Waals surface area contributed by atoms with Crippen molar-refractivity contribution in [2.75, 3.05) is 0 Å². The second kappa shape index (κ2) is 5.12. The second-order valence-corrected chi connectivity index (χ2v) is 6.31. The predicted octanol–water partition coefficient (Wildman–Crippen LogP) is 4.56. The van der Waals surface area contributed by atoms with E-state index in [1.807, 2.05) is 18.5 Å². The smallest absolute Gasteiger partial charge is 0.0463 e. The van der Waals surface area contributed by atoms with Gasteiger partial charge in [-0.05, 0) is 29.7 Å². The maximum atomic E-state index is 4.53. The van der Waals surface area contributed by atoms with Crippen LogP contribution in [0.2, 0.25) is 0 Å². The van der Waals surface area contributed by atoms with Gasteiger partial charge in [0.2, 0.25) is 0 Å². The predicted molar refractivity (Wildman–Crippen MR) is 80.3 cm³/mol. The average Bonchev–Trinajstić information content (AvgIpc) is 2.38. The summed E-state index contributed by atoms with van der Waals surface area (Å²) < 4.78 is 0. The van der Waals surface area contributed by atoms with Gasteiger partial charge < -0.3 is 0 Å². The van der Waals surface area contributed by atoms with Crippen molar-refractivity contribution < 1.29 is 0 Å². The molecule has 0 aliphatic heterocycles. The molecular weight excluding hydrogens is 232 g/mol. The van der Waals surface area contributed by atoms with Crippen LogP contribution in [0.25, 0.3) is 11.1 Å². The van der Waals surface area contributed by atoms with Gasteiger partial charge in [-0.2, -0.15) is 0 Å². The Hall–Kier alpha value is -1.70. The Morgan fingerprint density at radius 2 is 1.68 bits per heavy atom. The van der Waals surface area contributed by atoms with Gasteiger partial charge in [0.15, 0.2) is 0 Å². The molecule has 0 spiro atoms. The number of aromatic nitrogens is 2. The zero-order valence-corrected chi connectivity index (χ0v) is 12.4. The van der Waals surface area contributed by atoms with Crippen molar-refractivity contribution in [3.8, 4) is 11.1 Å².